The maximum Gasteiger partial charge on any atom is 0.330 e. The molecule has 0 unspecified atom stereocenters. The minimum Gasteiger partial charge on any atom is -0.491 e. The summed E-state index contributed by atoms with van der Waals surface area (Å²) in [7, 11) is 2.17. The monoisotopic (exact) mass is 529 g/mol. The van der Waals surface area contributed by atoms with Gasteiger partial charge in [0.05, 0.1) is 13.2 Å². The van der Waals surface area contributed by atoms with Gasteiger partial charge >= 0.3 is 6.03 Å². The van der Waals surface area contributed by atoms with Crippen molar-refractivity contribution in [3.63, 3.8) is 0 Å². The number of urea groups is 1. The number of nitrogens with one attached hydrogen (secondary N) is 1. The fourth-order valence-corrected chi connectivity index (χ4v) is 5.04. The second-order valence-corrected chi connectivity index (χ2v) is 10.3. The number of fused-ring (bicyclic) bond motifs is 1. The number of hydrogen-bond acceptors (Lipinski definition) is 7. The summed E-state index contributed by atoms with van der Waals surface area (Å²) in [6.45, 7) is 8.36. The second kappa shape index (κ2) is 11.8. The van der Waals surface area contributed by atoms with Crippen LogP contribution in [0.4, 0.5) is 31.0 Å². The Morgan fingerprint density at radius 1 is 1.11 bits per heavy atom. The van der Waals surface area contributed by atoms with Crippen molar-refractivity contribution in [2.24, 2.45) is 0 Å². The van der Waals surface area contributed by atoms with Gasteiger partial charge in [-0.2, -0.15) is 4.98 Å². The normalized spacial score (nSPS) is 18.6. The number of amides is 2. The first-order chi connectivity index (χ1) is 18.5. The van der Waals surface area contributed by atoms with Gasteiger partial charge in [0, 0.05) is 50.5 Å². The molecule has 1 N–H and O–H groups in total. The number of benzene rings is 1. The zero-order valence-electron chi connectivity index (χ0n) is 22.3. The highest BCUT2D eigenvalue weighted by atomic mass is 19.1. The van der Waals surface area contributed by atoms with Crippen LogP contribution in [-0.4, -0.2) is 84.8 Å². The van der Waals surface area contributed by atoms with Crippen molar-refractivity contribution >= 4 is 23.5 Å². The molecule has 9 nitrogen and oxygen atoms in total. The lowest BCUT2D eigenvalue weighted by Crippen LogP contribution is -2.49. The lowest BCUT2D eigenvalue weighted by atomic mass is 10.1. The van der Waals surface area contributed by atoms with E-state index < -0.39 is 23.4 Å². The predicted molar refractivity (Wildman–Crippen MR) is 143 cm³/mol. The zero-order chi connectivity index (χ0) is 26.6. The van der Waals surface area contributed by atoms with E-state index in [1.165, 1.54) is 6.07 Å². The lowest BCUT2D eigenvalue weighted by Gasteiger charge is -2.36. The highest BCUT2D eigenvalue weighted by Gasteiger charge is 2.43. The molecular weight excluding hydrogens is 492 g/mol. The van der Waals surface area contributed by atoms with E-state index in [2.05, 4.69) is 32.1 Å². The van der Waals surface area contributed by atoms with Gasteiger partial charge in [-0.15, -0.1) is 0 Å². The van der Waals surface area contributed by atoms with Crippen LogP contribution in [0.3, 0.4) is 0 Å². The van der Waals surface area contributed by atoms with Gasteiger partial charge in [-0.3, -0.25) is 9.80 Å². The number of rotatable bonds is 11. The topological polar surface area (TPSA) is 77.1 Å². The molecule has 0 atom stereocenters. The molecule has 1 saturated heterocycles. The van der Waals surface area contributed by atoms with Gasteiger partial charge in [0.25, 0.3) is 0 Å². The largest absolute Gasteiger partial charge is 0.491 e. The third-order valence-electron chi connectivity index (χ3n) is 7.38. The van der Waals surface area contributed by atoms with Crippen molar-refractivity contribution in [2.45, 2.75) is 51.6 Å². The van der Waals surface area contributed by atoms with Crippen LogP contribution in [-0.2, 0) is 6.54 Å². The Labute approximate surface area is 222 Å². The first-order valence-corrected chi connectivity index (χ1v) is 13.7. The summed E-state index contributed by atoms with van der Waals surface area (Å²) in [5.41, 5.74) is 0.242. The van der Waals surface area contributed by atoms with Gasteiger partial charge < -0.3 is 19.9 Å². The summed E-state index contributed by atoms with van der Waals surface area (Å²) in [5.74, 6) is -0.801. The number of likely N-dealkylation sites (N-methyl/N-ethyl adjacent to an activating group) is 1. The van der Waals surface area contributed by atoms with E-state index in [1.54, 1.807) is 18.0 Å². The number of hydrogen-bond donors (Lipinski definition) is 1. The molecule has 2 aromatic rings. The van der Waals surface area contributed by atoms with Crippen molar-refractivity contribution in [3.05, 3.63) is 35.5 Å². The fourth-order valence-electron chi connectivity index (χ4n) is 5.04. The van der Waals surface area contributed by atoms with Crippen LogP contribution in [0.2, 0.25) is 0 Å². The van der Waals surface area contributed by atoms with Crippen molar-refractivity contribution in [1.29, 1.82) is 0 Å². The summed E-state index contributed by atoms with van der Waals surface area (Å²) >= 11 is 0. The van der Waals surface area contributed by atoms with Gasteiger partial charge in [0.2, 0.25) is 5.95 Å². The molecule has 5 rings (SSSR count). The molecule has 11 heteroatoms. The van der Waals surface area contributed by atoms with Crippen LogP contribution in [0.15, 0.2) is 18.3 Å². The van der Waals surface area contributed by atoms with Crippen LogP contribution < -0.4 is 19.9 Å². The number of halogens is 2. The molecule has 206 valence electrons. The van der Waals surface area contributed by atoms with Crippen molar-refractivity contribution in [3.8, 4) is 5.75 Å². The van der Waals surface area contributed by atoms with Crippen molar-refractivity contribution in [2.75, 3.05) is 68.0 Å². The number of carbonyl (C=O) groups excluding carboxylic acids is 1. The van der Waals surface area contributed by atoms with E-state index >= 15 is 4.39 Å². The lowest BCUT2D eigenvalue weighted by molar-refractivity contribution is 0.152. The third-order valence-corrected chi connectivity index (χ3v) is 7.38. The molecular formula is C27H37F2N7O2. The third kappa shape index (κ3) is 5.83. The minimum absolute atomic E-state index is 0.0205. The molecule has 0 spiro atoms. The van der Waals surface area contributed by atoms with E-state index in [0.717, 1.165) is 82.3 Å². The van der Waals surface area contributed by atoms with Crippen LogP contribution in [0.5, 0.6) is 5.75 Å². The standard InChI is InChI=1S/C27H37F2N7O2/c1-3-38-22-10-9-21(28)24(23(22)29)35-18-19-17-31-26(32-25(19)36(27(35)37)20-7-8-20)30-11-5-4-6-12-34-15-13-33(2)14-16-34/h9-10,17,20H,3-8,11-16,18H2,1-2H3,(H,30,31,32). The summed E-state index contributed by atoms with van der Waals surface area (Å²) in [5, 5.41) is 3.29. The highest BCUT2D eigenvalue weighted by molar-refractivity contribution is 6.06. The maximum atomic E-state index is 15.2. The fraction of sp³-hybridized carbons (Fsp3) is 0.593. The SMILES string of the molecule is CCOc1ccc(F)c(N2Cc3cnc(NCCCCCN4CCN(C)CC4)nc3N(C3CC3)C2=O)c1F. The summed E-state index contributed by atoms with van der Waals surface area (Å²) < 4.78 is 35.3. The minimum atomic E-state index is -0.883. The number of anilines is 3. The van der Waals surface area contributed by atoms with Gasteiger partial charge in [-0.05, 0) is 58.3 Å². The summed E-state index contributed by atoms with van der Waals surface area (Å²) in [6.07, 6.45) is 6.57. The molecule has 2 aliphatic heterocycles. The Hall–Kier alpha value is -3.05. The van der Waals surface area contributed by atoms with E-state index in [9.17, 15) is 9.18 Å². The quantitative estimate of drug-likeness (QED) is 0.440. The van der Waals surface area contributed by atoms with Gasteiger partial charge in [0.15, 0.2) is 11.6 Å². The predicted octanol–water partition coefficient (Wildman–Crippen LogP) is 4.09. The van der Waals surface area contributed by atoms with Gasteiger partial charge in [-0.1, -0.05) is 6.42 Å². The second-order valence-electron chi connectivity index (χ2n) is 10.3. The van der Waals surface area contributed by atoms with Gasteiger partial charge in [0.1, 0.15) is 17.3 Å². The molecule has 1 aliphatic carbocycles. The van der Waals surface area contributed by atoms with Crippen molar-refractivity contribution < 1.29 is 18.3 Å². The average molecular weight is 530 g/mol. The molecule has 1 aromatic heterocycles. The Morgan fingerprint density at radius 2 is 1.89 bits per heavy atom. The maximum absolute atomic E-state index is 15.2. The van der Waals surface area contributed by atoms with Crippen molar-refractivity contribution in [1.82, 2.24) is 19.8 Å². The summed E-state index contributed by atoms with van der Waals surface area (Å²) in [4.78, 5) is 30.2. The Bertz CT molecular complexity index is 1140. The molecule has 0 radical (unpaired) electrons. The van der Waals surface area contributed by atoms with E-state index in [1.807, 2.05) is 0 Å². The summed E-state index contributed by atoms with van der Waals surface area (Å²) in [6, 6.07) is 1.84. The van der Waals surface area contributed by atoms with Crippen LogP contribution in [0.1, 0.15) is 44.6 Å². The highest BCUT2D eigenvalue weighted by Crippen LogP contribution is 2.41. The first kappa shape index (κ1) is 26.6. The number of aromatic nitrogens is 2. The molecule has 1 saturated carbocycles. The molecule has 38 heavy (non-hydrogen) atoms. The zero-order valence-corrected chi connectivity index (χ0v) is 22.3. The smallest absolute Gasteiger partial charge is 0.330 e. The average Bonchev–Trinajstić information content (AvgIpc) is 3.74. The molecule has 3 heterocycles. The number of nitrogens with zero attached hydrogens (tertiary/aromatic N) is 6. The van der Waals surface area contributed by atoms with E-state index in [-0.39, 0.29) is 24.9 Å². The molecule has 2 amide bonds. The Balaban J connectivity index is 1.23. The van der Waals surface area contributed by atoms with Crippen LogP contribution >= 0.6 is 0 Å². The van der Waals surface area contributed by atoms with Crippen LogP contribution in [0.25, 0.3) is 0 Å². The van der Waals surface area contributed by atoms with Gasteiger partial charge in [-0.25, -0.2) is 18.6 Å². The van der Waals surface area contributed by atoms with Crippen LogP contribution in [0, 0.1) is 11.6 Å². The Morgan fingerprint density at radius 3 is 2.63 bits per heavy atom. The first-order valence-electron chi connectivity index (χ1n) is 13.7. The van der Waals surface area contributed by atoms with E-state index in [4.69, 9.17) is 4.74 Å². The Kier molecular flexibility index (Phi) is 8.23. The molecule has 0 bridgehead atoms. The number of carbonyl (C=O) groups is 1. The number of unbranched alkanes of at least 4 members (excludes halogenated alkanes) is 2. The number of piperazine rings is 1. The molecule has 3 aliphatic rings. The molecule has 2 fully saturated rings. The van der Waals surface area contributed by atoms with E-state index in [0.29, 0.717) is 17.3 Å². The molecule has 1 aromatic carbocycles. The number of ether oxygens (including phenoxy) is 1.